The second-order valence-electron chi connectivity index (χ2n) is 1.69. The van der Waals surface area contributed by atoms with Gasteiger partial charge in [0.15, 0.2) is 0 Å². The van der Waals surface area contributed by atoms with Gasteiger partial charge in [-0.25, -0.2) is 0 Å². The van der Waals surface area contributed by atoms with Gasteiger partial charge in [-0.15, -0.1) is 0 Å². The quantitative estimate of drug-likeness (QED) is 0.648. The van der Waals surface area contributed by atoms with Gasteiger partial charge >= 0.3 is 34.4 Å². The van der Waals surface area contributed by atoms with Crippen molar-refractivity contribution >= 4 is 0 Å². The molecule has 0 unspecified atom stereocenters. The zero-order chi connectivity index (χ0) is 7.66. The fraction of sp³-hybridized carbons (Fsp3) is 0.375. The van der Waals surface area contributed by atoms with E-state index in [9.17, 15) is 0 Å². The summed E-state index contributed by atoms with van der Waals surface area (Å²) in [7, 11) is 0. The van der Waals surface area contributed by atoms with Crippen LogP contribution in [0.3, 0.4) is 0 Å². The summed E-state index contributed by atoms with van der Waals surface area (Å²) in [6.07, 6.45) is 4.68. The van der Waals surface area contributed by atoms with E-state index in [0.717, 1.165) is 5.36 Å². The molecule has 0 bridgehead atoms. The van der Waals surface area contributed by atoms with Crippen molar-refractivity contribution in [3.63, 3.8) is 0 Å². The summed E-state index contributed by atoms with van der Waals surface area (Å²) < 4.78 is 0. The number of hydrogen-bond donors (Lipinski definition) is 0. The molecule has 1 nitrogen and oxygen atoms in total. The third kappa shape index (κ3) is 7.66. The monoisotopic (exact) mass is 181 g/mol. The van der Waals surface area contributed by atoms with Gasteiger partial charge < -0.3 is 0 Å². The Morgan fingerprint density at radius 1 is 1.20 bits per heavy atom. The van der Waals surface area contributed by atoms with Gasteiger partial charge in [0.05, 0.1) is 0 Å². The summed E-state index contributed by atoms with van der Waals surface area (Å²) in [5, 5.41) is 1.01. The maximum Gasteiger partial charge on any atom is 0.0267 e. The SMILES string of the molecule is CC[CH2][Co].c1ccncc1. The zero-order valence-electron chi connectivity index (χ0n) is 6.08. The molecular formula is C8H12CoN. The summed E-state index contributed by atoms with van der Waals surface area (Å²) in [6.45, 7) is 2.10. The fourth-order valence-corrected chi connectivity index (χ4v) is 0.313. The van der Waals surface area contributed by atoms with Gasteiger partial charge in [-0.05, 0) is 12.1 Å². The molecule has 1 aromatic rings. The Hall–Kier alpha value is -0.344. The normalized spacial score (nSPS) is 7.90. The van der Waals surface area contributed by atoms with E-state index in [2.05, 4.69) is 27.6 Å². The summed E-state index contributed by atoms with van der Waals surface area (Å²) in [5.41, 5.74) is 0. The molecule has 1 rings (SSSR count). The number of pyridine rings is 1. The topological polar surface area (TPSA) is 12.9 Å². The predicted octanol–water partition coefficient (Wildman–Crippen LogP) is 2.44. The van der Waals surface area contributed by atoms with Crippen molar-refractivity contribution in [3.05, 3.63) is 30.6 Å². The van der Waals surface area contributed by atoms with Crippen molar-refractivity contribution in [2.24, 2.45) is 0 Å². The van der Waals surface area contributed by atoms with Crippen LogP contribution in [0.4, 0.5) is 0 Å². The Kier molecular flexibility index (Phi) is 8.36. The van der Waals surface area contributed by atoms with E-state index >= 15 is 0 Å². The van der Waals surface area contributed by atoms with Crippen molar-refractivity contribution in [2.45, 2.75) is 18.7 Å². The molecule has 0 aliphatic rings. The molecular weight excluding hydrogens is 169 g/mol. The third-order valence-electron chi connectivity index (χ3n) is 0.733. The van der Waals surface area contributed by atoms with Crippen molar-refractivity contribution in [2.75, 3.05) is 0 Å². The van der Waals surface area contributed by atoms with Crippen molar-refractivity contribution in [1.82, 2.24) is 4.98 Å². The van der Waals surface area contributed by atoms with E-state index in [1.165, 1.54) is 6.42 Å². The van der Waals surface area contributed by atoms with Crippen LogP contribution in [-0.4, -0.2) is 4.98 Å². The average molecular weight is 181 g/mol. The molecule has 2 heteroatoms. The molecule has 0 radical (unpaired) electrons. The number of rotatable bonds is 1. The Morgan fingerprint density at radius 3 is 1.80 bits per heavy atom. The molecule has 0 saturated heterocycles. The number of hydrogen-bond acceptors (Lipinski definition) is 1. The molecule has 0 N–H and O–H groups in total. The van der Waals surface area contributed by atoms with Gasteiger partial charge in [0.2, 0.25) is 0 Å². The predicted molar refractivity (Wildman–Crippen MR) is 39.3 cm³/mol. The molecule has 0 aliphatic heterocycles. The molecule has 1 heterocycles. The average Bonchev–Trinajstić information content (AvgIpc) is 2.08. The van der Waals surface area contributed by atoms with Crippen LogP contribution in [0, 0.1) is 0 Å². The molecule has 1 aromatic heterocycles. The first kappa shape index (κ1) is 9.66. The van der Waals surface area contributed by atoms with Crippen LogP contribution in [0.1, 0.15) is 13.3 Å². The molecule has 0 spiro atoms. The van der Waals surface area contributed by atoms with Crippen LogP contribution in [0.15, 0.2) is 30.6 Å². The van der Waals surface area contributed by atoms with Crippen LogP contribution in [0.2, 0.25) is 5.36 Å². The Bertz CT molecular complexity index is 101. The van der Waals surface area contributed by atoms with Gasteiger partial charge in [-0.2, -0.15) is 0 Å². The Morgan fingerprint density at radius 2 is 1.70 bits per heavy atom. The molecule has 58 valence electrons. The number of nitrogens with zero attached hydrogens (tertiary/aromatic N) is 1. The largest absolute Gasteiger partial charge is 0.265 e. The number of aromatic nitrogens is 1. The fourth-order valence-electron chi connectivity index (χ4n) is 0.313. The van der Waals surface area contributed by atoms with Crippen LogP contribution in [-0.2, 0) is 15.7 Å². The molecule has 0 aliphatic carbocycles. The van der Waals surface area contributed by atoms with Gasteiger partial charge in [0, 0.05) is 12.4 Å². The van der Waals surface area contributed by atoms with Crippen molar-refractivity contribution in [1.29, 1.82) is 0 Å². The van der Waals surface area contributed by atoms with E-state index in [-0.39, 0.29) is 0 Å². The summed E-state index contributed by atoms with van der Waals surface area (Å²) in [5.74, 6) is 0. The Labute approximate surface area is 70.5 Å². The maximum absolute atomic E-state index is 3.96. The van der Waals surface area contributed by atoms with Gasteiger partial charge in [0.1, 0.15) is 0 Å². The van der Waals surface area contributed by atoms with Crippen LogP contribution < -0.4 is 0 Å². The standard InChI is InChI=1S/C5H5N.C3H7.Co/c1-2-4-6-5-3-1;1-3-2;/h1-5H;1,3H2,2H3;. The second kappa shape index (κ2) is 8.66. The van der Waals surface area contributed by atoms with Crippen molar-refractivity contribution in [3.8, 4) is 0 Å². The maximum atomic E-state index is 3.96. The second-order valence-corrected chi connectivity index (χ2v) is 2.21. The summed E-state index contributed by atoms with van der Waals surface area (Å²) >= 11 is 3.96. The zero-order valence-corrected chi connectivity index (χ0v) is 7.12. The van der Waals surface area contributed by atoms with Gasteiger partial charge in [-0.1, -0.05) is 6.07 Å². The van der Waals surface area contributed by atoms with Crippen molar-refractivity contribution < 1.29 is 15.7 Å². The van der Waals surface area contributed by atoms with E-state index < -0.39 is 0 Å². The van der Waals surface area contributed by atoms with E-state index in [1.54, 1.807) is 12.4 Å². The van der Waals surface area contributed by atoms with Crippen LogP contribution in [0.5, 0.6) is 0 Å². The molecule has 0 saturated carbocycles. The summed E-state index contributed by atoms with van der Waals surface area (Å²) in [4.78, 5) is 3.78. The minimum atomic E-state index is 1.01. The molecule has 0 amide bonds. The van der Waals surface area contributed by atoms with Crippen LogP contribution in [0.25, 0.3) is 0 Å². The molecule has 0 atom stereocenters. The minimum absolute atomic E-state index is 1.01. The molecule has 0 fully saturated rings. The van der Waals surface area contributed by atoms with E-state index in [4.69, 9.17) is 0 Å². The smallest absolute Gasteiger partial charge is 0.0267 e. The first-order valence-electron chi connectivity index (χ1n) is 3.29. The van der Waals surface area contributed by atoms with Gasteiger partial charge in [0.25, 0.3) is 0 Å². The molecule has 10 heavy (non-hydrogen) atoms. The minimum Gasteiger partial charge on any atom is -0.265 e. The Balaban J connectivity index is 0.000000180. The molecule has 0 aromatic carbocycles. The van der Waals surface area contributed by atoms with Gasteiger partial charge in [-0.3, -0.25) is 4.98 Å². The first-order chi connectivity index (χ1) is 4.91. The first-order valence-corrected chi connectivity index (χ1v) is 4.03. The van der Waals surface area contributed by atoms with Crippen LogP contribution >= 0.6 is 0 Å². The van der Waals surface area contributed by atoms with E-state index in [0.29, 0.717) is 0 Å². The van der Waals surface area contributed by atoms with E-state index in [1.807, 2.05) is 18.2 Å². The third-order valence-corrected chi connectivity index (χ3v) is 1.25. The summed E-state index contributed by atoms with van der Waals surface area (Å²) in [6, 6.07) is 5.72.